The first kappa shape index (κ1) is 20.3. The molecule has 2 aromatic rings. The van der Waals surface area contributed by atoms with Crippen molar-refractivity contribution in [2.45, 2.75) is 38.7 Å². The summed E-state index contributed by atoms with van der Waals surface area (Å²) in [5.74, 6) is -0.417. The summed E-state index contributed by atoms with van der Waals surface area (Å²) in [6.07, 6.45) is 0.472. The van der Waals surface area contributed by atoms with E-state index >= 15 is 0 Å². The monoisotopic (exact) mass is 406 g/mol. The van der Waals surface area contributed by atoms with E-state index in [0.29, 0.717) is 23.3 Å². The predicted octanol–water partition coefficient (Wildman–Crippen LogP) is 2.29. The Bertz CT molecular complexity index is 1040. The van der Waals surface area contributed by atoms with Crippen molar-refractivity contribution in [3.8, 4) is 5.75 Å². The fourth-order valence-corrected chi connectivity index (χ4v) is 4.07. The summed E-state index contributed by atoms with van der Waals surface area (Å²) >= 11 is 0. The van der Waals surface area contributed by atoms with Crippen LogP contribution in [-0.2, 0) is 29.1 Å². The normalized spacial score (nSPS) is 17.8. The van der Waals surface area contributed by atoms with Crippen LogP contribution in [0.1, 0.15) is 46.0 Å². The summed E-state index contributed by atoms with van der Waals surface area (Å²) in [5, 5.41) is 17.8. The third-order valence-corrected chi connectivity index (χ3v) is 5.60. The maximum Gasteiger partial charge on any atom is 0.526 e. The standard InChI is InChI=1S/C22H23BN2O5/c1-13(26)19-5-3-4-15-9-18(23(28)30-22(15)19)10-20(27)21(25-29-2)14-6-7-16-11-24-12-17(16)8-14/h3-8,18,24,28H,9-12H2,1-2H3/b25-21-/t18-/m1/s1. The Hall–Kier alpha value is -2.97. The summed E-state index contributed by atoms with van der Waals surface area (Å²) in [6.45, 7) is 3.02. The Labute approximate surface area is 175 Å². The number of ketones is 2. The van der Waals surface area contributed by atoms with Gasteiger partial charge in [-0.3, -0.25) is 9.59 Å². The Kier molecular flexibility index (Phi) is 5.70. The molecule has 0 aromatic heterocycles. The van der Waals surface area contributed by atoms with Crippen molar-refractivity contribution in [2.75, 3.05) is 7.11 Å². The van der Waals surface area contributed by atoms with Gasteiger partial charge in [0.1, 0.15) is 12.9 Å². The van der Waals surface area contributed by atoms with E-state index in [4.69, 9.17) is 9.49 Å². The molecule has 4 rings (SSSR count). The molecule has 0 aliphatic carbocycles. The van der Waals surface area contributed by atoms with E-state index in [0.717, 1.165) is 24.2 Å². The lowest BCUT2D eigenvalue weighted by atomic mass is 9.64. The average molecular weight is 406 g/mol. The minimum absolute atomic E-state index is 0.0441. The highest BCUT2D eigenvalue weighted by atomic mass is 16.6. The fraction of sp³-hybridized carbons (Fsp3) is 0.318. The molecule has 0 bridgehead atoms. The molecule has 0 amide bonds. The molecule has 1 atom stereocenters. The second-order valence-electron chi connectivity index (χ2n) is 7.66. The lowest BCUT2D eigenvalue weighted by molar-refractivity contribution is -0.113. The lowest BCUT2D eigenvalue weighted by Crippen LogP contribution is -2.36. The summed E-state index contributed by atoms with van der Waals surface area (Å²) < 4.78 is 5.65. The molecular weight excluding hydrogens is 383 g/mol. The number of nitrogens with one attached hydrogen (secondary N) is 1. The molecule has 8 heteroatoms. The molecule has 154 valence electrons. The highest BCUT2D eigenvalue weighted by Gasteiger charge is 2.38. The van der Waals surface area contributed by atoms with Crippen LogP contribution in [0.2, 0.25) is 5.82 Å². The van der Waals surface area contributed by atoms with Gasteiger partial charge in [-0.2, -0.15) is 0 Å². The molecule has 0 radical (unpaired) electrons. The number of rotatable bonds is 6. The highest BCUT2D eigenvalue weighted by molar-refractivity contribution is 6.51. The van der Waals surface area contributed by atoms with Crippen molar-refractivity contribution in [2.24, 2.45) is 5.16 Å². The molecule has 7 nitrogen and oxygen atoms in total. The summed E-state index contributed by atoms with van der Waals surface area (Å²) in [4.78, 5) is 29.9. The van der Waals surface area contributed by atoms with Crippen LogP contribution in [0, 0.1) is 0 Å². The number of hydrogen-bond donors (Lipinski definition) is 2. The van der Waals surface area contributed by atoms with Crippen LogP contribution in [0.3, 0.4) is 0 Å². The third-order valence-electron chi connectivity index (χ3n) is 5.60. The minimum Gasteiger partial charge on any atom is -0.535 e. The molecule has 2 heterocycles. The van der Waals surface area contributed by atoms with Gasteiger partial charge in [0.25, 0.3) is 0 Å². The highest BCUT2D eigenvalue weighted by Crippen LogP contribution is 2.36. The van der Waals surface area contributed by atoms with E-state index in [2.05, 4.69) is 10.5 Å². The Balaban J connectivity index is 1.55. The van der Waals surface area contributed by atoms with Crippen LogP contribution in [0.15, 0.2) is 41.6 Å². The summed E-state index contributed by atoms with van der Waals surface area (Å²) in [5.41, 5.74) is 4.49. The second kappa shape index (κ2) is 8.42. The van der Waals surface area contributed by atoms with Gasteiger partial charge in [0.15, 0.2) is 17.3 Å². The van der Waals surface area contributed by atoms with Crippen LogP contribution in [0.25, 0.3) is 0 Å². The number of para-hydroxylation sites is 1. The molecule has 0 saturated heterocycles. The van der Waals surface area contributed by atoms with Gasteiger partial charge in [-0.15, -0.1) is 0 Å². The molecule has 30 heavy (non-hydrogen) atoms. The molecule has 2 aromatic carbocycles. The number of fused-ring (bicyclic) bond motifs is 2. The number of nitrogens with zero attached hydrogens (tertiary/aromatic N) is 1. The zero-order chi connectivity index (χ0) is 21.3. The van der Waals surface area contributed by atoms with Gasteiger partial charge in [0.2, 0.25) is 0 Å². The van der Waals surface area contributed by atoms with E-state index in [1.54, 1.807) is 12.1 Å². The molecule has 0 unspecified atom stereocenters. The molecular formula is C22H23BN2O5. The number of benzene rings is 2. The Morgan fingerprint density at radius 1 is 1.23 bits per heavy atom. The van der Waals surface area contributed by atoms with Gasteiger partial charge < -0.3 is 19.8 Å². The minimum atomic E-state index is -1.19. The molecule has 2 aliphatic heterocycles. The van der Waals surface area contributed by atoms with E-state index < -0.39 is 12.9 Å². The summed E-state index contributed by atoms with van der Waals surface area (Å²) in [7, 11) is 0.218. The maximum atomic E-state index is 13.1. The van der Waals surface area contributed by atoms with Crippen LogP contribution in [-0.4, -0.2) is 36.5 Å². The first-order valence-electron chi connectivity index (χ1n) is 9.92. The van der Waals surface area contributed by atoms with Crippen molar-refractivity contribution in [3.05, 3.63) is 64.2 Å². The third kappa shape index (κ3) is 3.88. The van der Waals surface area contributed by atoms with Crippen molar-refractivity contribution >= 4 is 24.4 Å². The van der Waals surface area contributed by atoms with Crippen LogP contribution in [0.5, 0.6) is 5.75 Å². The molecule has 2 N–H and O–H groups in total. The maximum absolute atomic E-state index is 13.1. The van der Waals surface area contributed by atoms with E-state index in [-0.39, 0.29) is 23.7 Å². The van der Waals surface area contributed by atoms with Crippen LogP contribution < -0.4 is 9.97 Å². The van der Waals surface area contributed by atoms with E-state index in [1.807, 2.05) is 24.3 Å². The Morgan fingerprint density at radius 2 is 2.03 bits per heavy atom. The van der Waals surface area contributed by atoms with Gasteiger partial charge in [-0.05, 0) is 42.2 Å². The van der Waals surface area contributed by atoms with Crippen molar-refractivity contribution in [3.63, 3.8) is 0 Å². The smallest absolute Gasteiger partial charge is 0.526 e. The topological polar surface area (TPSA) is 97.2 Å². The number of carbonyl (C=O) groups excluding carboxylic acids is 2. The fourth-order valence-electron chi connectivity index (χ4n) is 4.07. The molecule has 0 spiro atoms. The van der Waals surface area contributed by atoms with Gasteiger partial charge >= 0.3 is 7.12 Å². The second-order valence-corrected chi connectivity index (χ2v) is 7.66. The average Bonchev–Trinajstić information content (AvgIpc) is 3.19. The molecule has 0 saturated carbocycles. The van der Waals surface area contributed by atoms with Crippen molar-refractivity contribution < 1.29 is 24.1 Å². The van der Waals surface area contributed by atoms with Crippen molar-refractivity contribution in [1.82, 2.24) is 5.32 Å². The van der Waals surface area contributed by atoms with Crippen LogP contribution >= 0.6 is 0 Å². The molecule has 0 fully saturated rings. The SMILES string of the molecule is CO/N=C(\C(=O)C[C@H]1Cc2cccc(C(C)=O)c2OB1O)c1ccc2c(c1)CNC2. The van der Waals surface area contributed by atoms with Gasteiger partial charge in [-0.25, -0.2) is 0 Å². The first-order chi connectivity index (χ1) is 14.5. The van der Waals surface area contributed by atoms with Gasteiger partial charge in [0.05, 0.1) is 5.56 Å². The zero-order valence-corrected chi connectivity index (χ0v) is 17.0. The molecule has 2 aliphatic rings. The zero-order valence-electron chi connectivity index (χ0n) is 17.0. The number of oxime groups is 1. The number of hydrogen-bond acceptors (Lipinski definition) is 7. The lowest BCUT2D eigenvalue weighted by Gasteiger charge is -2.28. The largest absolute Gasteiger partial charge is 0.535 e. The predicted molar refractivity (Wildman–Crippen MR) is 113 cm³/mol. The first-order valence-corrected chi connectivity index (χ1v) is 9.92. The van der Waals surface area contributed by atoms with Crippen molar-refractivity contribution in [1.29, 1.82) is 0 Å². The number of carbonyl (C=O) groups is 2. The van der Waals surface area contributed by atoms with Gasteiger partial charge in [-0.1, -0.05) is 29.4 Å². The van der Waals surface area contributed by atoms with Crippen LogP contribution in [0.4, 0.5) is 0 Å². The quantitative estimate of drug-likeness (QED) is 0.331. The van der Waals surface area contributed by atoms with E-state index in [9.17, 15) is 14.6 Å². The van der Waals surface area contributed by atoms with E-state index in [1.165, 1.54) is 19.6 Å². The summed E-state index contributed by atoms with van der Waals surface area (Å²) in [6, 6.07) is 11.1. The Morgan fingerprint density at radius 3 is 2.80 bits per heavy atom. The number of Topliss-reactive ketones (excluding diaryl/α,β-unsaturated/α-hetero) is 2. The van der Waals surface area contributed by atoms with Gasteiger partial charge in [0, 0.05) is 30.9 Å².